The smallest absolute Gasteiger partial charge is 0.0541 e. The number of para-hydroxylation sites is 4. The average molecular weight is 589 g/mol. The molecule has 0 aliphatic carbocycles. The highest BCUT2D eigenvalue weighted by atomic mass is 15.0. The van der Waals surface area contributed by atoms with Gasteiger partial charge in [0.2, 0.25) is 0 Å². The molecular formula is C44H32N2. The second-order valence-electron chi connectivity index (χ2n) is 12.3. The zero-order chi connectivity index (χ0) is 30.8. The van der Waals surface area contributed by atoms with Gasteiger partial charge in [-0.05, 0) is 95.8 Å². The molecule has 218 valence electrons. The van der Waals surface area contributed by atoms with Crippen LogP contribution in [0.1, 0.15) is 11.1 Å². The van der Waals surface area contributed by atoms with Crippen molar-refractivity contribution in [3.8, 4) is 33.6 Å². The zero-order valence-corrected chi connectivity index (χ0v) is 25.9. The summed E-state index contributed by atoms with van der Waals surface area (Å²) in [6.07, 6.45) is 0. The van der Waals surface area contributed by atoms with Crippen LogP contribution in [0.2, 0.25) is 0 Å². The Morgan fingerprint density at radius 1 is 0.326 bits per heavy atom. The number of benzene rings is 7. The zero-order valence-electron chi connectivity index (χ0n) is 25.9. The number of hydrogen-bond donors (Lipinski definition) is 0. The van der Waals surface area contributed by atoms with Gasteiger partial charge in [-0.3, -0.25) is 0 Å². The van der Waals surface area contributed by atoms with Crippen LogP contribution in [-0.2, 0) is 0 Å². The third-order valence-corrected chi connectivity index (χ3v) is 9.59. The van der Waals surface area contributed by atoms with Gasteiger partial charge >= 0.3 is 0 Å². The Morgan fingerprint density at radius 3 is 1.22 bits per heavy atom. The Labute approximate surface area is 268 Å². The largest absolute Gasteiger partial charge is 0.309 e. The lowest BCUT2D eigenvalue weighted by Gasteiger charge is -2.17. The van der Waals surface area contributed by atoms with Crippen molar-refractivity contribution in [1.29, 1.82) is 0 Å². The monoisotopic (exact) mass is 588 g/mol. The Morgan fingerprint density at radius 2 is 0.739 bits per heavy atom. The molecule has 0 unspecified atom stereocenters. The van der Waals surface area contributed by atoms with Crippen LogP contribution in [0.25, 0.3) is 77.2 Å². The predicted octanol–water partition coefficient (Wildman–Crippen LogP) is 11.8. The van der Waals surface area contributed by atoms with Gasteiger partial charge in [0.25, 0.3) is 0 Å². The number of aryl methyl sites for hydroxylation is 2. The predicted molar refractivity (Wildman–Crippen MR) is 195 cm³/mol. The van der Waals surface area contributed by atoms with Gasteiger partial charge in [0.15, 0.2) is 0 Å². The van der Waals surface area contributed by atoms with E-state index in [4.69, 9.17) is 0 Å². The minimum Gasteiger partial charge on any atom is -0.309 e. The van der Waals surface area contributed by atoms with Gasteiger partial charge in [0, 0.05) is 32.9 Å². The number of nitrogens with zero attached hydrogens (tertiary/aromatic N) is 2. The Bertz CT molecular complexity index is 2370. The fourth-order valence-electron chi connectivity index (χ4n) is 7.39. The van der Waals surface area contributed by atoms with E-state index in [1.54, 1.807) is 0 Å². The summed E-state index contributed by atoms with van der Waals surface area (Å²) in [5, 5.41) is 5.05. The van der Waals surface area contributed by atoms with Gasteiger partial charge in [-0.15, -0.1) is 0 Å². The van der Waals surface area contributed by atoms with E-state index >= 15 is 0 Å². The molecule has 0 saturated heterocycles. The van der Waals surface area contributed by atoms with E-state index in [9.17, 15) is 0 Å². The molecule has 0 atom stereocenters. The van der Waals surface area contributed by atoms with Gasteiger partial charge in [-0.25, -0.2) is 0 Å². The van der Waals surface area contributed by atoms with Crippen molar-refractivity contribution in [2.24, 2.45) is 0 Å². The lowest BCUT2D eigenvalue weighted by Crippen LogP contribution is -2.00. The highest BCUT2D eigenvalue weighted by Gasteiger charge is 2.17. The molecule has 2 heteroatoms. The maximum Gasteiger partial charge on any atom is 0.0541 e. The van der Waals surface area contributed by atoms with Gasteiger partial charge in [-0.1, -0.05) is 109 Å². The molecular weight excluding hydrogens is 556 g/mol. The van der Waals surface area contributed by atoms with Crippen LogP contribution >= 0.6 is 0 Å². The van der Waals surface area contributed by atoms with Crippen molar-refractivity contribution in [3.63, 3.8) is 0 Å². The summed E-state index contributed by atoms with van der Waals surface area (Å²) in [6, 6.07) is 57.7. The molecule has 0 N–H and O–H groups in total. The van der Waals surface area contributed by atoms with Crippen LogP contribution < -0.4 is 0 Å². The van der Waals surface area contributed by atoms with Crippen molar-refractivity contribution >= 4 is 43.6 Å². The molecule has 0 aliphatic rings. The molecule has 2 heterocycles. The Hall–Kier alpha value is -5.86. The standard InChI is InChI=1S/C44H32N2/c1-29-13-3-4-14-35(29)40-27-31(24-23-30(40)2)32-25-33(45-41-19-9-5-15-36(41)37-16-6-10-20-42(37)45)28-34(26-32)46-43-21-11-7-17-38(43)39-18-8-12-22-44(39)46/h3-28H,1-2H3. The second kappa shape index (κ2) is 10.4. The van der Waals surface area contributed by atoms with Crippen LogP contribution in [-0.4, -0.2) is 9.13 Å². The van der Waals surface area contributed by atoms with Crippen molar-refractivity contribution in [3.05, 3.63) is 169 Å². The molecule has 0 aliphatic heterocycles. The summed E-state index contributed by atoms with van der Waals surface area (Å²) in [7, 11) is 0. The van der Waals surface area contributed by atoms with Crippen LogP contribution in [0.15, 0.2) is 158 Å². The molecule has 0 radical (unpaired) electrons. The van der Waals surface area contributed by atoms with Crippen molar-refractivity contribution in [2.75, 3.05) is 0 Å². The fraction of sp³-hybridized carbons (Fsp3) is 0.0455. The van der Waals surface area contributed by atoms with Crippen LogP contribution in [0.5, 0.6) is 0 Å². The molecule has 9 rings (SSSR count). The summed E-state index contributed by atoms with van der Waals surface area (Å²) in [6.45, 7) is 4.41. The molecule has 0 bridgehead atoms. The first-order valence-corrected chi connectivity index (χ1v) is 15.9. The highest BCUT2D eigenvalue weighted by molar-refractivity contribution is 6.10. The van der Waals surface area contributed by atoms with Gasteiger partial charge in [0.05, 0.1) is 22.1 Å². The summed E-state index contributed by atoms with van der Waals surface area (Å²) < 4.78 is 4.87. The van der Waals surface area contributed by atoms with Crippen molar-refractivity contribution in [2.45, 2.75) is 13.8 Å². The normalized spacial score (nSPS) is 11.7. The van der Waals surface area contributed by atoms with Crippen LogP contribution in [0, 0.1) is 13.8 Å². The summed E-state index contributed by atoms with van der Waals surface area (Å²) in [5.41, 5.74) is 14.6. The molecule has 2 nitrogen and oxygen atoms in total. The van der Waals surface area contributed by atoms with Gasteiger partial charge in [-0.2, -0.15) is 0 Å². The first kappa shape index (κ1) is 26.5. The fourth-order valence-corrected chi connectivity index (χ4v) is 7.39. The van der Waals surface area contributed by atoms with Gasteiger partial charge in [0.1, 0.15) is 0 Å². The van der Waals surface area contributed by atoms with E-state index in [0.29, 0.717) is 0 Å². The van der Waals surface area contributed by atoms with E-state index in [2.05, 4.69) is 181 Å². The second-order valence-corrected chi connectivity index (χ2v) is 12.3. The molecule has 0 amide bonds. The molecule has 0 fully saturated rings. The summed E-state index contributed by atoms with van der Waals surface area (Å²) in [5.74, 6) is 0. The van der Waals surface area contributed by atoms with Crippen LogP contribution in [0.3, 0.4) is 0 Å². The molecule has 7 aromatic carbocycles. The number of aromatic nitrogens is 2. The maximum atomic E-state index is 2.43. The van der Waals surface area contributed by atoms with Crippen LogP contribution in [0.4, 0.5) is 0 Å². The lowest BCUT2D eigenvalue weighted by atomic mass is 9.92. The topological polar surface area (TPSA) is 9.86 Å². The lowest BCUT2D eigenvalue weighted by molar-refractivity contribution is 1.13. The summed E-state index contributed by atoms with van der Waals surface area (Å²) in [4.78, 5) is 0. The first-order valence-electron chi connectivity index (χ1n) is 15.9. The number of fused-ring (bicyclic) bond motifs is 6. The molecule has 2 aromatic heterocycles. The third kappa shape index (κ3) is 4.04. The Kier molecular flexibility index (Phi) is 5.97. The molecule has 9 aromatic rings. The quantitative estimate of drug-likeness (QED) is 0.194. The van der Waals surface area contributed by atoms with E-state index < -0.39 is 0 Å². The highest BCUT2D eigenvalue weighted by Crippen LogP contribution is 2.39. The number of rotatable bonds is 4. The van der Waals surface area contributed by atoms with Gasteiger partial charge < -0.3 is 9.13 Å². The number of hydrogen-bond acceptors (Lipinski definition) is 0. The van der Waals surface area contributed by atoms with E-state index in [-0.39, 0.29) is 0 Å². The minimum absolute atomic E-state index is 1.14. The third-order valence-electron chi connectivity index (χ3n) is 9.59. The van der Waals surface area contributed by atoms with Crippen molar-refractivity contribution < 1.29 is 0 Å². The molecule has 0 saturated carbocycles. The van der Waals surface area contributed by atoms with Crippen molar-refractivity contribution in [1.82, 2.24) is 9.13 Å². The molecule has 46 heavy (non-hydrogen) atoms. The molecule has 0 spiro atoms. The minimum atomic E-state index is 1.14. The van der Waals surface area contributed by atoms with E-state index in [1.165, 1.54) is 77.0 Å². The summed E-state index contributed by atoms with van der Waals surface area (Å²) >= 11 is 0. The average Bonchev–Trinajstić information content (AvgIpc) is 3.62. The van der Waals surface area contributed by atoms with E-state index in [0.717, 1.165) is 11.4 Å². The Balaban J connectivity index is 1.38. The van der Waals surface area contributed by atoms with E-state index in [1.807, 2.05) is 0 Å². The first-order chi connectivity index (χ1) is 22.7. The maximum absolute atomic E-state index is 2.43. The SMILES string of the molecule is Cc1ccccc1-c1cc(-c2cc(-n3c4ccccc4c4ccccc43)cc(-n3c4ccccc4c4ccccc43)c2)ccc1C.